The van der Waals surface area contributed by atoms with Crippen molar-refractivity contribution in [3.05, 3.63) is 67.5 Å². The summed E-state index contributed by atoms with van der Waals surface area (Å²) in [6, 6.07) is 9.61. The first-order chi connectivity index (χ1) is 9.24. The Morgan fingerprint density at radius 1 is 1.05 bits per heavy atom. The molecule has 1 aromatic heterocycles. The Morgan fingerprint density at radius 3 is 2.42 bits per heavy atom. The standard InChI is InChI=1S/C15H14N4/c1-3-8-11(4-2)13-17-14(19-15(16)18-13)12-9-6-5-7-10-12/h3-10H,1-2H2,(H2,16,17,18,19)/b11-8+. The van der Waals surface area contributed by atoms with Crippen molar-refractivity contribution >= 4 is 11.5 Å². The fourth-order valence-corrected chi connectivity index (χ4v) is 1.60. The van der Waals surface area contributed by atoms with E-state index in [0.29, 0.717) is 11.6 Å². The molecule has 2 aromatic rings. The monoisotopic (exact) mass is 250 g/mol. The van der Waals surface area contributed by atoms with E-state index in [0.717, 1.165) is 11.1 Å². The second-order valence-electron chi connectivity index (χ2n) is 3.77. The van der Waals surface area contributed by atoms with Crippen LogP contribution in [-0.4, -0.2) is 15.0 Å². The number of rotatable bonds is 4. The van der Waals surface area contributed by atoms with E-state index in [1.54, 1.807) is 18.2 Å². The van der Waals surface area contributed by atoms with Crippen molar-refractivity contribution < 1.29 is 0 Å². The molecule has 0 radical (unpaired) electrons. The van der Waals surface area contributed by atoms with Gasteiger partial charge in [-0.15, -0.1) is 0 Å². The zero-order valence-electron chi connectivity index (χ0n) is 10.5. The van der Waals surface area contributed by atoms with E-state index in [-0.39, 0.29) is 5.95 Å². The van der Waals surface area contributed by atoms with Gasteiger partial charge >= 0.3 is 0 Å². The van der Waals surface area contributed by atoms with Gasteiger partial charge in [-0.1, -0.05) is 61.7 Å². The zero-order chi connectivity index (χ0) is 13.7. The highest BCUT2D eigenvalue weighted by molar-refractivity contribution is 5.71. The molecular weight excluding hydrogens is 236 g/mol. The third-order valence-electron chi connectivity index (χ3n) is 2.46. The number of allylic oxidation sites excluding steroid dienone is 4. The molecule has 0 aliphatic heterocycles. The normalized spacial score (nSPS) is 11.1. The molecule has 4 nitrogen and oxygen atoms in total. The molecule has 1 heterocycles. The SMILES string of the molecule is C=C/C=C(\C=C)c1nc(N)nc(-c2ccccc2)n1. The number of nitrogen functional groups attached to an aromatic ring is 1. The third-order valence-corrected chi connectivity index (χ3v) is 2.46. The van der Waals surface area contributed by atoms with Gasteiger partial charge in [0.25, 0.3) is 0 Å². The smallest absolute Gasteiger partial charge is 0.224 e. The van der Waals surface area contributed by atoms with Crippen molar-refractivity contribution in [3.63, 3.8) is 0 Å². The van der Waals surface area contributed by atoms with Crippen LogP contribution in [0.4, 0.5) is 5.95 Å². The molecule has 0 amide bonds. The van der Waals surface area contributed by atoms with E-state index in [9.17, 15) is 0 Å². The average Bonchev–Trinajstić information content (AvgIpc) is 2.45. The molecule has 19 heavy (non-hydrogen) atoms. The summed E-state index contributed by atoms with van der Waals surface area (Å²) in [6.07, 6.45) is 5.08. The molecule has 0 saturated heterocycles. The minimum Gasteiger partial charge on any atom is -0.368 e. The van der Waals surface area contributed by atoms with E-state index < -0.39 is 0 Å². The van der Waals surface area contributed by atoms with Crippen LogP contribution in [0.2, 0.25) is 0 Å². The van der Waals surface area contributed by atoms with Crippen molar-refractivity contribution in [3.8, 4) is 11.4 Å². The summed E-state index contributed by atoms with van der Waals surface area (Å²) in [6.45, 7) is 7.38. The minimum atomic E-state index is 0.181. The lowest BCUT2D eigenvalue weighted by molar-refractivity contribution is 1.04. The first-order valence-electron chi connectivity index (χ1n) is 5.77. The Balaban J connectivity index is 2.55. The molecule has 0 aliphatic carbocycles. The van der Waals surface area contributed by atoms with Gasteiger partial charge in [0.15, 0.2) is 11.6 Å². The van der Waals surface area contributed by atoms with Gasteiger partial charge in [0, 0.05) is 11.1 Å². The first kappa shape index (κ1) is 12.7. The van der Waals surface area contributed by atoms with Gasteiger partial charge in [0.2, 0.25) is 5.95 Å². The second-order valence-corrected chi connectivity index (χ2v) is 3.77. The fraction of sp³-hybridized carbons (Fsp3) is 0. The molecule has 0 atom stereocenters. The van der Waals surface area contributed by atoms with E-state index in [2.05, 4.69) is 28.1 Å². The van der Waals surface area contributed by atoms with Crippen LogP contribution in [0.15, 0.2) is 61.7 Å². The Kier molecular flexibility index (Phi) is 3.83. The number of hydrogen-bond donors (Lipinski definition) is 1. The van der Waals surface area contributed by atoms with Crippen LogP contribution < -0.4 is 5.73 Å². The summed E-state index contributed by atoms with van der Waals surface area (Å²) in [4.78, 5) is 12.7. The molecular formula is C15H14N4. The summed E-state index contributed by atoms with van der Waals surface area (Å²) in [7, 11) is 0. The average molecular weight is 250 g/mol. The molecule has 4 heteroatoms. The van der Waals surface area contributed by atoms with Crippen LogP contribution in [0.5, 0.6) is 0 Å². The van der Waals surface area contributed by atoms with Crippen molar-refractivity contribution in [2.24, 2.45) is 0 Å². The Hall–Kier alpha value is -2.75. The third kappa shape index (κ3) is 2.93. The first-order valence-corrected chi connectivity index (χ1v) is 5.77. The molecule has 0 aliphatic rings. The number of hydrogen-bond acceptors (Lipinski definition) is 4. The lowest BCUT2D eigenvalue weighted by atomic mass is 10.2. The van der Waals surface area contributed by atoms with Crippen LogP contribution in [0.1, 0.15) is 5.82 Å². The van der Waals surface area contributed by atoms with Crippen LogP contribution in [0.25, 0.3) is 17.0 Å². The highest BCUT2D eigenvalue weighted by Crippen LogP contribution is 2.18. The van der Waals surface area contributed by atoms with E-state index in [1.165, 1.54) is 0 Å². The maximum atomic E-state index is 5.74. The lowest BCUT2D eigenvalue weighted by Gasteiger charge is -2.05. The highest BCUT2D eigenvalue weighted by atomic mass is 15.1. The van der Waals surface area contributed by atoms with E-state index in [1.807, 2.05) is 30.3 Å². The largest absolute Gasteiger partial charge is 0.368 e. The molecule has 0 bridgehead atoms. The summed E-state index contributed by atoms with van der Waals surface area (Å²) < 4.78 is 0. The highest BCUT2D eigenvalue weighted by Gasteiger charge is 2.08. The quantitative estimate of drug-likeness (QED) is 0.847. The number of benzene rings is 1. The summed E-state index contributed by atoms with van der Waals surface area (Å²) >= 11 is 0. The van der Waals surface area contributed by atoms with Crippen molar-refractivity contribution in [2.75, 3.05) is 5.73 Å². The number of nitrogens with two attached hydrogens (primary N) is 1. The van der Waals surface area contributed by atoms with Gasteiger partial charge in [-0.25, -0.2) is 4.98 Å². The van der Waals surface area contributed by atoms with Gasteiger partial charge in [-0.05, 0) is 0 Å². The summed E-state index contributed by atoms with van der Waals surface area (Å²) in [5, 5.41) is 0. The molecule has 2 rings (SSSR count). The Bertz CT molecular complexity index is 630. The molecule has 0 unspecified atom stereocenters. The molecule has 94 valence electrons. The fourth-order valence-electron chi connectivity index (χ4n) is 1.60. The van der Waals surface area contributed by atoms with Gasteiger partial charge in [-0.3, -0.25) is 0 Å². The van der Waals surface area contributed by atoms with E-state index >= 15 is 0 Å². The predicted molar refractivity (Wildman–Crippen MR) is 78.0 cm³/mol. The zero-order valence-corrected chi connectivity index (χ0v) is 10.5. The molecule has 2 N–H and O–H groups in total. The van der Waals surface area contributed by atoms with Crippen molar-refractivity contribution in [2.45, 2.75) is 0 Å². The Labute approximate surface area is 112 Å². The maximum Gasteiger partial charge on any atom is 0.224 e. The van der Waals surface area contributed by atoms with Crippen LogP contribution in [0, 0.1) is 0 Å². The lowest BCUT2D eigenvalue weighted by Crippen LogP contribution is -2.04. The van der Waals surface area contributed by atoms with Crippen LogP contribution >= 0.6 is 0 Å². The van der Waals surface area contributed by atoms with Gasteiger partial charge < -0.3 is 5.73 Å². The summed E-state index contributed by atoms with van der Waals surface area (Å²) in [5.74, 6) is 1.21. The molecule has 0 saturated carbocycles. The second kappa shape index (κ2) is 5.73. The number of aromatic nitrogens is 3. The predicted octanol–water partition coefficient (Wildman–Crippen LogP) is 2.88. The molecule has 1 aromatic carbocycles. The van der Waals surface area contributed by atoms with Gasteiger partial charge in [0.05, 0.1) is 0 Å². The van der Waals surface area contributed by atoms with Crippen molar-refractivity contribution in [1.29, 1.82) is 0 Å². The molecule has 0 fully saturated rings. The Morgan fingerprint density at radius 2 is 1.79 bits per heavy atom. The summed E-state index contributed by atoms with van der Waals surface area (Å²) in [5.41, 5.74) is 7.38. The van der Waals surface area contributed by atoms with E-state index in [4.69, 9.17) is 5.73 Å². The van der Waals surface area contributed by atoms with Gasteiger partial charge in [0.1, 0.15) is 0 Å². The van der Waals surface area contributed by atoms with Crippen LogP contribution in [-0.2, 0) is 0 Å². The number of nitrogens with zero attached hydrogens (tertiary/aromatic N) is 3. The van der Waals surface area contributed by atoms with Crippen molar-refractivity contribution in [1.82, 2.24) is 15.0 Å². The van der Waals surface area contributed by atoms with Gasteiger partial charge in [-0.2, -0.15) is 9.97 Å². The topological polar surface area (TPSA) is 64.7 Å². The molecule has 0 spiro atoms. The number of anilines is 1. The van der Waals surface area contributed by atoms with Crippen LogP contribution in [0.3, 0.4) is 0 Å². The maximum absolute atomic E-state index is 5.74. The minimum absolute atomic E-state index is 0.181.